The van der Waals surface area contributed by atoms with Crippen LogP contribution < -0.4 is 5.32 Å². The zero-order valence-corrected chi connectivity index (χ0v) is 10.5. The van der Waals surface area contributed by atoms with Crippen LogP contribution in [0.2, 0.25) is 0 Å². The first-order chi connectivity index (χ1) is 8.66. The van der Waals surface area contributed by atoms with Crippen molar-refractivity contribution in [3.05, 3.63) is 29.8 Å². The molecule has 1 amide bonds. The van der Waals surface area contributed by atoms with Gasteiger partial charge in [0, 0.05) is 12.7 Å². The number of aromatic nitrogens is 1. The zero-order chi connectivity index (χ0) is 13.0. The Labute approximate surface area is 106 Å². The molecule has 18 heavy (non-hydrogen) atoms. The van der Waals surface area contributed by atoms with E-state index in [9.17, 15) is 9.18 Å². The van der Waals surface area contributed by atoms with Crippen LogP contribution in [0.5, 0.6) is 0 Å². The molecular weight excluding hydrogens is 233 g/mol. The second-order valence-electron chi connectivity index (χ2n) is 4.81. The highest BCUT2D eigenvalue weighted by atomic mass is 19.1. The molecule has 0 saturated carbocycles. The van der Waals surface area contributed by atoms with E-state index in [2.05, 4.69) is 22.2 Å². The Balaban J connectivity index is 1.84. The number of nitrogens with one attached hydrogen (secondary N) is 1. The van der Waals surface area contributed by atoms with Gasteiger partial charge in [-0.3, -0.25) is 9.78 Å². The van der Waals surface area contributed by atoms with Gasteiger partial charge in [0.05, 0.1) is 11.8 Å². The van der Waals surface area contributed by atoms with E-state index in [1.165, 1.54) is 12.3 Å². The number of pyridine rings is 1. The van der Waals surface area contributed by atoms with Crippen molar-refractivity contribution >= 4 is 5.91 Å². The van der Waals surface area contributed by atoms with Crippen LogP contribution >= 0.6 is 0 Å². The second-order valence-corrected chi connectivity index (χ2v) is 4.81. The first kappa shape index (κ1) is 13.0. The summed E-state index contributed by atoms with van der Waals surface area (Å²) in [6, 6.07) is 1.40. The van der Waals surface area contributed by atoms with Crippen molar-refractivity contribution in [3.8, 4) is 0 Å². The number of nitrogens with zero attached hydrogens (tertiary/aromatic N) is 2. The lowest BCUT2D eigenvalue weighted by atomic mass is 9.97. The van der Waals surface area contributed by atoms with Gasteiger partial charge in [0.1, 0.15) is 0 Å². The standard InChI is InChI=1S/C13H18FN3O/c1-17-6-3-10(4-7-17)8-16-13(18)11-2-5-15-9-12(11)14/h2,5,9-10H,3-4,6-8H2,1H3,(H,16,18). The summed E-state index contributed by atoms with van der Waals surface area (Å²) in [4.78, 5) is 17.7. The van der Waals surface area contributed by atoms with Crippen molar-refractivity contribution in [1.82, 2.24) is 15.2 Å². The van der Waals surface area contributed by atoms with E-state index >= 15 is 0 Å². The molecule has 1 aromatic rings. The number of carbonyl (C=O) groups excluding carboxylic acids is 1. The van der Waals surface area contributed by atoms with Crippen LogP contribution in [0.1, 0.15) is 23.2 Å². The fraction of sp³-hybridized carbons (Fsp3) is 0.538. The lowest BCUT2D eigenvalue weighted by molar-refractivity contribution is 0.0935. The molecule has 0 radical (unpaired) electrons. The maximum Gasteiger partial charge on any atom is 0.254 e. The topological polar surface area (TPSA) is 45.2 Å². The van der Waals surface area contributed by atoms with Crippen LogP contribution in [0.15, 0.2) is 18.5 Å². The van der Waals surface area contributed by atoms with Gasteiger partial charge in [0.2, 0.25) is 0 Å². The third kappa shape index (κ3) is 3.26. The van der Waals surface area contributed by atoms with Gasteiger partial charge in [-0.15, -0.1) is 0 Å². The van der Waals surface area contributed by atoms with Crippen LogP contribution in [-0.4, -0.2) is 42.5 Å². The Morgan fingerprint density at radius 3 is 2.94 bits per heavy atom. The third-order valence-corrected chi connectivity index (χ3v) is 3.41. The van der Waals surface area contributed by atoms with E-state index in [0.717, 1.165) is 32.1 Å². The van der Waals surface area contributed by atoms with Crippen molar-refractivity contribution in [2.75, 3.05) is 26.7 Å². The molecule has 2 heterocycles. The molecule has 1 aliphatic rings. The second kappa shape index (κ2) is 5.91. The molecule has 1 aromatic heterocycles. The summed E-state index contributed by atoms with van der Waals surface area (Å²) in [7, 11) is 2.10. The van der Waals surface area contributed by atoms with Gasteiger partial charge in [-0.2, -0.15) is 0 Å². The minimum absolute atomic E-state index is 0.0675. The van der Waals surface area contributed by atoms with Crippen LogP contribution in [0.4, 0.5) is 4.39 Å². The Bertz CT molecular complexity index is 416. The number of piperidine rings is 1. The fourth-order valence-electron chi connectivity index (χ4n) is 2.16. The molecular formula is C13H18FN3O. The molecule has 1 aliphatic heterocycles. The summed E-state index contributed by atoms with van der Waals surface area (Å²) in [5.74, 6) is -0.428. The molecule has 0 bridgehead atoms. The van der Waals surface area contributed by atoms with Gasteiger partial charge < -0.3 is 10.2 Å². The van der Waals surface area contributed by atoms with E-state index < -0.39 is 5.82 Å². The highest BCUT2D eigenvalue weighted by Crippen LogP contribution is 2.15. The smallest absolute Gasteiger partial charge is 0.254 e. The largest absolute Gasteiger partial charge is 0.352 e. The van der Waals surface area contributed by atoms with Crippen molar-refractivity contribution in [1.29, 1.82) is 0 Å². The summed E-state index contributed by atoms with van der Waals surface area (Å²) in [5.41, 5.74) is 0.0675. The normalized spacial score (nSPS) is 17.7. The number of hydrogen-bond acceptors (Lipinski definition) is 3. The van der Waals surface area contributed by atoms with Crippen LogP contribution in [0.25, 0.3) is 0 Å². The van der Waals surface area contributed by atoms with Gasteiger partial charge in [0.25, 0.3) is 5.91 Å². The summed E-state index contributed by atoms with van der Waals surface area (Å²) in [6.45, 7) is 2.74. The lowest BCUT2D eigenvalue weighted by Crippen LogP contribution is -2.37. The van der Waals surface area contributed by atoms with Crippen LogP contribution in [0.3, 0.4) is 0 Å². The van der Waals surface area contributed by atoms with Crippen LogP contribution in [-0.2, 0) is 0 Å². The molecule has 0 unspecified atom stereocenters. The Morgan fingerprint density at radius 1 is 1.56 bits per heavy atom. The quantitative estimate of drug-likeness (QED) is 0.880. The predicted octanol–water partition coefficient (Wildman–Crippen LogP) is 1.29. The average Bonchev–Trinajstić information content (AvgIpc) is 2.38. The number of likely N-dealkylation sites (tertiary alicyclic amines) is 1. The average molecular weight is 251 g/mol. The number of halogens is 1. The number of hydrogen-bond donors (Lipinski definition) is 1. The van der Waals surface area contributed by atoms with E-state index in [4.69, 9.17) is 0 Å². The predicted molar refractivity (Wildman–Crippen MR) is 66.7 cm³/mol. The van der Waals surface area contributed by atoms with Crippen molar-refractivity contribution in [2.45, 2.75) is 12.8 Å². The van der Waals surface area contributed by atoms with E-state index in [-0.39, 0.29) is 11.5 Å². The molecule has 1 fully saturated rings. The SMILES string of the molecule is CN1CCC(CNC(=O)c2ccncc2F)CC1. The maximum atomic E-state index is 13.3. The first-order valence-corrected chi connectivity index (χ1v) is 6.23. The van der Waals surface area contributed by atoms with E-state index in [0.29, 0.717) is 12.5 Å². The molecule has 0 aliphatic carbocycles. The van der Waals surface area contributed by atoms with Gasteiger partial charge in [0.15, 0.2) is 5.82 Å². The van der Waals surface area contributed by atoms with Crippen molar-refractivity contribution in [2.24, 2.45) is 5.92 Å². The van der Waals surface area contributed by atoms with Crippen LogP contribution in [0, 0.1) is 11.7 Å². The lowest BCUT2D eigenvalue weighted by Gasteiger charge is -2.28. The van der Waals surface area contributed by atoms with Gasteiger partial charge >= 0.3 is 0 Å². The first-order valence-electron chi connectivity index (χ1n) is 6.23. The number of carbonyl (C=O) groups is 1. The highest BCUT2D eigenvalue weighted by molar-refractivity contribution is 5.94. The Morgan fingerprint density at radius 2 is 2.28 bits per heavy atom. The Kier molecular flexibility index (Phi) is 4.25. The summed E-state index contributed by atoms with van der Waals surface area (Å²) >= 11 is 0. The molecule has 0 aromatic carbocycles. The fourth-order valence-corrected chi connectivity index (χ4v) is 2.16. The highest BCUT2D eigenvalue weighted by Gasteiger charge is 2.18. The van der Waals surface area contributed by atoms with Crippen molar-refractivity contribution in [3.63, 3.8) is 0 Å². The third-order valence-electron chi connectivity index (χ3n) is 3.41. The molecule has 1 N–H and O–H groups in total. The van der Waals surface area contributed by atoms with E-state index in [1.54, 1.807) is 0 Å². The minimum Gasteiger partial charge on any atom is -0.352 e. The minimum atomic E-state index is -0.571. The number of amides is 1. The molecule has 0 spiro atoms. The van der Waals surface area contributed by atoms with Gasteiger partial charge in [-0.05, 0) is 45.0 Å². The molecule has 5 heteroatoms. The molecule has 2 rings (SSSR count). The molecule has 0 atom stereocenters. The number of rotatable bonds is 3. The summed E-state index contributed by atoms with van der Waals surface area (Å²) < 4.78 is 13.3. The van der Waals surface area contributed by atoms with E-state index in [1.807, 2.05) is 0 Å². The van der Waals surface area contributed by atoms with Crippen molar-refractivity contribution < 1.29 is 9.18 Å². The summed E-state index contributed by atoms with van der Waals surface area (Å²) in [5, 5.41) is 2.80. The Hall–Kier alpha value is -1.49. The molecule has 1 saturated heterocycles. The van der Waals surface area contributed by atoms with Gasteiger partial charge in [-0.1, -0.05) is 0 Å². The van der Waals surface area contributed by atoms with Gasteiger partial charge in [-0.25, -0.2) is 4.39 Å². The monoisotopic (exact) mass is 251 g/mol. The zero-order valence-electron chi connectivity index (χ0n) is 10.5. The molecule has 4 nitrogen and oxygen atoms in total. The molecule has 98 valence electrons. The maximum absolute atomic E-state index is 13.3. The summed E-state index contributed by atoms with van der Waals surface area (Å²) in [6.07, 6.45) is 4.64.